The van der Waals surface area contributed by atoms with Gasteiger partial charge in [0.1, 0.15) is 5.76 Å². The number of allylic oxidation sites excluding steroid dienone is 1. The van der Waals surface area contributed by atoms with Crippen molar-refractivity contribution >= 4 is 17.8 Å². The summed E-state index contributed by atoms with van der Waals surface area (Å²) in [6.45, 7) is 0.147. The van der Waals surface area contributed by atoms with Gasteiger partial charge in [-0.05, 0) is 53.6 Å². The zero-order valence-electron chi connectivity index (χ0n) is 18.1. The minimum Gasteiger partial charge on any atom is -0.503 e. The average Bonchev–Trinajstić information content (AvgIpc) is 3.45. The van der Waals surface area contributed by atoms with Crippen molar-refractivity contribution in [2.45, 2.75) is 12.6 Å². The molecule has 1 aliphatic heterocycles. The van der Waals surface area contributed by atoms with Gasteiger partial charge in [-0.25, -0.2) is 0 Å². The topological polar surface area (TPSA) is 102 Å². The van der Waals surface area contributed by atoms with Crippen LogP contribution in [0.2, 0.25) is 0 Å². The number of pyridine rings is 1. The standard InChI is InChI=1S/C25H22N2O6/c1-31-20-10-7-17(13-21(20)32-2)23-22(19(28)9-8-18-6-4-12-33-18)24(29)25(30)27(23)15-16-5-3-11-26-14-16/h3-14,23,29H,15H2,1-2H3/b9-8+. The lowest BCUT2D eigenvalue weighted by Crippen LogP contribution is -2.30. The van der Waals surface area contributed by atoms with Crippen molar-refractivity contribution in [2.24, 2.45) is 0 Å². The van der Waals surface area contributed by atoms with Crippen LogP contribution in [0.4, 0.5) is 0 Å². The fourth-order valence-electron chi connectivity index (χ4n) is 3.76. The number of hydrogen-bond donors (Lipinski definition) is 1. The van der Waals surface area contributed by atoms with Gasteiger partial charge in [0.05, 0.1) is 32.1 Å². The number of furan rings is 1. The molecule has 1 atom stereocenters. The number of carbonyl (C=O) groups excluding carboxylic acids is 2. The van der Waals surface area contributed by atoms with Gasteiger partial charge < -0.3 is 23.9 Å². The maximum Gasteiger partial charge on any atom is 0.290 e. The molecule has 8 nitrogen and oxygen atoms in total. The van der Waals surface area contributed by atoms with Crippen LogP contribution in [0, 0.1) is 0 Å². The first-order valence-corrected chi connectivity index (χ1v) is 10.1. The Morgan fingerprint density at radius 3 is 2.67 bits per heavy atom. The highest BCUT2D eigenvalue weighted by Crippen LogP contribution is 2.41. The molecule has 0 radical (unpaired) electrons. The second kappa shape index (κ2) is 9.44. The zero-order valence-corrected chi connectivity index (χ0v) is 18.1. The highest BCUT2D eigenvalue weighted by Gasteiger charge is 2.43. The minimum atomic E-state index is -0.841. The third kappa shape index (κ3) is 4.36. The summed E-state index contributed by atoms with van der Waals surface area (Å²) in [6, 6.07) is 11.2. The Balaban J connectivity index is 1.77. The van der Waals surface area contributed by atoms with Crippen LogP contribution in [0.25, 0.3) is 6.08 Å². The molecule has 3 aromatic rings. The average molecular weight is 446 g/mol. The van der Waals surface area contributed by atoms with E-state index in [1.807, 2.05) is 6.07 Å². The van der Waals surface area contributed by atoms with Gasteiger partial charge in [-0.15, -0.1) is 0 Å². The number of hydrogen-bond acceptors (Lipinski definition) is 7. The van der Waals surface area contributed by atoms with Gasteiger partial charge in [0.25, 0.3) is 5.91 Å². The van der Waals surface area contributed by atoms with E-state index in [1.165, 1.54) is 37.5 Å². The van der Waals surface area contributed by atoms with E-state index in [0.29, 0.717) is 22.8 Å². The van der Waals surface area contributed by atoms with E-state index in [4.69, 9.17) is 13.9 Å². The summed E-state index contributed by atoms with van der Waals surface area (Å²) in [5, 5.41) is 10.7. The Bertz CT molecular complexity index is 1210. The van der Waals surface area contributed by atoms with Crippen molar-refractivity contribution < 1.29 is 28.6 Å². The van der Waals surface area contributed by atoms with Crippen molar-refractivity contribution in [3.8, 4) is 11.5 Å². The smallest absolute Gasteiger partial charge is 0.290 e. The highest BCUT2D eigenvalue weighted by atomic mass is 16.5. The molecule has 1 N–H and O–H groups in total. The summed E-state index contributed by atoms with van der Waals surface area (Å²) in [4.78, 5) is 31.8. The first-order chi connectivity index (χ1) is 16.0. The molecule has 33 heavy (non-hydrogen) atoms. The van der Waals surface area contributed by atoms with E-state index in [9.17, 15) is 14.7 Å². The molecule has 168 valence electrons. The molecule has 0 aliphatic carbocycles. The summed E-state index contributed by atoms with van der Waals surface area (Å²) >= 11 is 0. The lowest BCUT2D eigenvalue weighted by molar-refractivity contribution is -0.130. The summed E-state index contributed by atoms with van der Waals surface area (Å²) in [5.41, 5.74) is 1.31. The Morgan fingerprint density at radius 2 is 2.00 bits per heavy atom. The Labute approximate surface area is 190 Å². The molecule has 1 unspecified atom stereocenters. The number of ketones is 1. The molecule has 1 aliphatic rings. The van der Waals surface area contributed by atoms with Gasteiger partial charge in [0.15, 0.2) is 23.0 Å². The second-order valence-corrected chi connectivity index (χ2v) is 7.29. The molecule has 0 bridgehead atoms. The van der Waals surface area contributed by atoms with Crippen LogP contribution in [0.15, 0.2) is 82.9 Å². The Morgan fingerprint density at radius 1 is 1.18 bits per heavy atom. The molecule has 1 amide bonds. The molecular weight excluding hydrogens is 424 g/mol. The Kier molecular flexibility index (Phi) is 6.26. The predicted octanol–water partition coefficient (Wildman–Crippen LogP) is 3.87. The number of aromatic nitrogens is 1. The molecule has 0 spiro atoms. The molecule has 1 aromatic carbocycles. The van der Waals surface area contributed by atoms with E-state index in [1.54, 1.807) is 48.8 Å². The number of rotatable bonds is 8. The minimum absolute atomic E-state index is 0.0288. The molecule has 0 saturated carbocycles. The van der Waals surface area contributed by atoms with Crippen molar-refractivity contribution in [1.82, 2.24) is 9.88 Å². The number of aliphatic hydroxyl groups is 1. The lowest BCUT2D eigenvalue weighted by Gasteiger charge is -2.27. The fraction of sp³-hybridized carbons (Fsp3) is 0.160. The van der Waals surface area contributed by atoms with E-state index in [0.717, 1.165) is 5.56 Å². The number of aliphatic hydroxyl groups excluding tert-OH is 1. The van der Waals surface area contributed by atoms with Crippen LogP contribution >= 0.6 is 0 Å². The van der Waals surface area contributed by atoms with Gasteiger partial charge in [-0.2, -0.15) is 0 Å². The fourth-order valence-corrected chi connectivity index (χ4v) is 3.76. The summed E-state index contributed by atoms with van der Waals surface area (Å²) in [6.07, 6.45) is 7.52. The van der Waals surface area contributed by atoms with Crippen molar-refractivity contribution in [3.63, 3.8) is 0 Å². The molecule has 2 aromatic heterocycles. The van der Waals surface area contributed by atoms with E-state index >= 15 is 0 Å². The zero-order chi connectivity index (χ0) is 23.4. The number of benzene rings is 1. The van der Waals surface area contributed by atoms with Crippen LogP contribution in [-0.2, 0) is 16.1 Å². The van der Waals surface area contributed by atoms with Crippen LogP contribution in [-0.4, -0.2) is 40.9 Å². The normalized spacial score (nSPS) is 16.0. The largest absolute Gasteiger partial charge is 0.503 e. The Hall–Kier alpha value is -4.33. The third-order valence-corrected chi connectivity index (χ3v) is 5.31. The number of nitrogens with zero attached hydrogens (tertiary/aromatic N) is 2. The van der Waals surface area contributed by atoms with Gasteiger partial charge in [0.2, 0.25) is 0 Å². The van der Waals surface area contributed by atoms with E-state index in [2.05, 4.69) is 4.98 Å². The number of carbonyl (C=O) groups is 2. The molecule has 0 fully saturated rings. The number of amides is 1. The van der Waals surface area contributed by atoms with Gasteiger partial charge in [0, 0.05) is 18.9 Å². The van der Waals surface area contributed by atoms with Crippen molar-refractivity contribution in [1.29, 1.82) is 0 Å². The SMILES string of the molecule is COc1ccc(C2C(C(=O)/C=C/c3ccco3)=C(O)C(=O)N2Cc2cccnc2)cc1OC. The molecule has 0 saturated heterocycles. The van der Waals surface area contributed by atoms with Gasteiger partial charge in [-0.1, -0.05) is 12.1 Å². The van der Waals surface area contributed by atoms with Crippen LogP contribution in [0.1, 0.15) is 22.9 Å². The summed E-state index contributed by atoms with van der Waals surface area (Å²) < 4.78 is 15.9. The third-order valence-electron chi connectivity index (χ3n) is 5.31. The van der Waals surface area contributed by atoms with E-state index in [-0.39, 0.29) is 12.1 Å². The second-order valence-electron chi connectivity index (χ2n) is 7.29. The van der Waals surface area contributed by atoms with Crippen LogP contribution in [0.5, 0.6) is 11.5 Å². The number of methoxy groups -OCH3 is 2. The van der Waals surface area contributed by atoms with Crippen molar-refractivity contribution in [3.05, 3.63) is 95.4 Å². The quantitative estimate of drug-likeness (QED) is 0.524. The van der Waals surface area contributed by atoms with Crippen LogP contribution in [0.3, 0.4) is 0 Å². The van der Waals surface area contributed by atoms with E-state index < -0.39 is 23.5 Å². The number of ether oxygens (including phenoxy) is 2. The maximum absolute atomic E-state index is 13.2. The maximum atomic E-state index is 13.2. The first kappa shape index (κ1) is 21.9. The molecule has 4 rings (SSSR count). The first-order valence-electron chi connectivity index (χ1n) is 10.1. The molecular formula is C25H22N2O6. The summed E-state index contributed by atoms with van der Waals surface area (Å²) in [7, 11) is 3.02. The van der Waals surface area contributed by atoms with Gasteiger partial charge >= 0.3 is 0 Å². The summed E-state index contributed by atoms with van der Waals surface area (Å²) in [5.74, 6) is -0.328. The predicted molar refractivity (Wildman–Crippen MR) is 119 cm³/mol. The molecule has 8 heteroatoms. The highest BCUT2D eigenvalue weighted by molar-refractivity contribution is 6.14. The van der Waals surface area contributed by atoms with Crippen LogP contribution < -0.4 is 9.47 Å². The monoisotopic (exact) mass is 446 g/mol. The molecule has 3 heterocycles. The van der Waals surface area contributed by atoms with Gasteiger partial charge in [-0.3, -0.25) is 14.6 Å². The van der Waals surface area contributed by atoms with Crippen molar-refractivity contribution in [2.75, 3.05) is 14.2 Å². The lowest BCUT2D eigenvalue weighted by atomic mass is 9.95.